The molecule has 0 aromatic heterocycles. The van der Waals surface area contributed by atoms with Crippen LogP contribution in [0.2, 0.25) is 0 Å². The van der Waals surface area contributed by atoms with E-state index < -0.39 is 0 Å². The summed E-state index contributed by atoms with van der Waals surface area (Å²) in [5.41, 5.74) is 0. The average Bonchev–Trinajstić information content (AvgIpc) is 2.35. The molecule has 0 bridgehead atoms. The van der Waals surface area contributed by atoms with Crippen LogP contribution in [0.3, 0.4) is 0 Å². The molecule has 0 radical (unpaired) electrons. The molecular formula is C8H13P. The molecule has 1 heterocycles. The molecule has 50 valence electrons. The smallest absolute Gasteiger partial charge is 0.00750 e. The van der Waals surface area contributed by atoms with E-state index in [0.717, 1.165) is 17.8 Å². The Morgan fingerprint density at radius 3 is 3.11 bits per heavy atom. The standard InChI is InChI=1S/C8H13P/c1-6-2-3-7-4-9-5-8(6)7/h5-8H,2-4H2,1H3. The zero-order chi connectivity index (χ0) is 6.27. The first-order valence-electron chi connectivity index (χ1n) is 3.88. The third kappa shape index (κ3) is 0.846. The van der Waals surface area contributed by atoms with Crippen molar-refractivity contribution < 1.29 is 0 Å². The van der Waals surface area contributed by atoms with Gasteiger partial charge in [0, 0.05) is 0 Å². The van der Waals surface area contributed by atoms with Crippen molar-refractivity contribution in [3.8, 4) is 0 Å². The van der Waals surface area contributed by atoms with Crippen LogP contribution in [0.5, 0.6) is 0 Å². The molecule has 2 rings (SSSR count). The molecule has 0 aromatic carbocycles. The van der Waals surface area contributed by atoms with E-state index in [1.807, 2.05) is 0 Å². The topological polar surface area (TPSA) is 0 Å². The highest BCUT2D eigenvalue weighted by atomic mass is 31.1. The Kier molecular flexibility index (Phi) is 1.38. The van der Waals surface area contributed by atoms with Crippen LogP contribution in [0, 0.1) is 17.8 Å². The van der Waals surface area contributed by atoms with E-state index in [9.17, 15) is 0 Å². The van der Waals surface area contributed by atoms with Crippen molar-refractivity contribution in [1.82, 2.24) is 0 Å². The number of hydrogen-bond acceptors (Lipinski definition) is 0. The zero-order valence-electron chi connectivity index (χ0n) is 5.88. The molecule has 0 spiro atoms. The van der Waals surface area contributed by atoms with Crippen molar-refractivity contribution >= 4 is 14.0 Å². The van der Waals surface area contributed by atoms with Crippen LogP contribution >= 0.6 is 8.20 Å². The van der Waals surface area contributed by atoms with Crippen molar-refractivity contribution in [2.75, 3.05) is 6.16 Å². The molecule has 1 heteroatoms. The van der Waals surface area contributed by atoms with E-state index in [1.54, 1.807) is 8.20 Å². The third-order valence-corrected chi connectivity index (χ3v) is 4.05. The van der Waals surface area contributed by atoms with Gasteiger partial charge in [-0.15, -0.1) is 8.20 Å². The zero-order valence-corrected chi connectivity index (χ0v) is 6.77. The number of fused-ring (bicyclic) bond motifs is 1. The fraction of sp³-hybridized carbons (Fsp3) is 0.875. The molecule has 1 saturated carbocycles. The highest BCUT2D eigenvalue weighted by Gasteiger charge is 2.33. The van der Waals surface area contributed by atoms with Crippen LogP contribution in [0.15, 0.2) is 0 Å². The van der Waals surface area contributed by atoms with Gasteiger partial charge in [0.25, 0.3) is 0 Å². The molecule has 1 fully saturated rings. The second kappa shape index (κ2) is 2.09. The highest BCUT2D eigenvalue weighted by molar-refractivity contribution is 7.39. The number of hydrogen-bond donors (Lipinski definition) is 0. The fourth-order valence-electron chi connectivity index (χ4n) is 2.13. The molecule has 2 aliphatic rings. The van der Waals surface area contributed by atoms with E-state index in [-0.39, 0.29) is 0 Å². The van der Waals surface area contributed by atoms with Crippen molar-refractivity contribution in [1.29, 1.82) is 0 Å². The Labute approximate surface area is 58.5 Å². The lowest BCUT2D eigenvalue weighted by molar-refractivity contribution is 0.478. The second-order valence-corrected chi connectivity index (χ2v) is 4.43. The average molecular weight is 140 g/mol. The quantitative estimate of drug-likeness (QED) is 0.453. The normalized spacial score (nSPS) is 49.7. The second-order valence-electron chi connectivity index (χ2n) is 3.41. The molecule has 3 atom stereocenters. The fourth-order valence-corrected chi connectivity index (χ4v) is 3.73. The summed E-state index contributed by atoms with van der Waals surface area (Å²) in [6.07, 6.45) is 4.46. The Hall–Kier alpha value is 0.170. The van der Waals surface area contributed by atoms with Crippen LogP contribution in [0.25, 0.3) is 0 Å². The third-order valence-electron chi connectivity index (χ3n) is 2.81. The first-order chi connectivity index (χ1) is 4.38. The van der Waals surface area contributed by atoms with Crippen LogP contribution in [0.4, 0.5) is 0 Å². The van der Waals surface area contributed by atoms with E-state index in [2.05, 4.69) is 12.7 Å². The van der Waals surface area contributed by atoms with Gasteiger partial charge in [0.15, 0.2) is 0 Å². The van der Waals surface area contributed by atoms with E-state index in [4.69, 9.17) is 0 Å². The molecule has 0 saturated heterocycles. The lowest BCUT2D eigenvalue weighted by atomic mass is 9.94. The Bertz CT molecular complexity index is 140. The number of rotatable bonds is 0. The van der Waals surface area contributed by atoms with Crippen molar-refractivity contribution in [2.24, 2.45) is 17.8 Å². The molecule has 1 aliphatic carbocycles. The summed E-state index contributed by atoms with van der Waals surface area (Å²) in [4.78, 5) is 0. The summed E-state index contributed by atoms with van der Waals surface area (Å²) in [7, 11) is 1.62. The maximum Gasteiger partial charge on any atom is -0.00750 e. The Balaban J connectivity index is 2.15. The molecular weight excluding hydrogens is 127 g/mol. The van der Waals surface area contributed by atoms with Gasteiger partial charge in [-0.1, -0.05) is 12.7 Å². The molecule has 0 aromatic rings. The van der Waals surface area contributed by atoms with Crippen molar-refractivity contribution in [3.63, 3.8) is 0 Å². The SMILES string of the molecule is CC1CCC2CP=CC12. The molecule has 1 aliphatic heterocycles. The van der Waals surface area contributed by atoms with Crippen molar-refractivity contribution in [3.05, 3.63) is 0 Å². The summed E-state index contributed by atoms with van der Waals surface area (Å²) < 4.78 is 0. The van der Waals surface area contributed by atoms with Crippen LogP contribution in [-0.2, 0) is 0 Å². The molecule has 9 heavy (non-hydrogen) atoms. The van der Waals surface area contributed by atoms with Gasteiger partial charge >= 0.3 is 0 Å². The minimum Gasteiger partial charge on any atom is -0.108 e. The minimum atomic E-state index is 1.00. The van der Waals surface area contributed by atoms with E-state index in [1.165, 1.54) is 19.0 Å². The summed E-state index contributed by atoms with van der Waals surface area (Å²) >= 11 is 0. The maximum absolute atomic E-state index is 2.53. The lowest BCUT2D eigenvalue weighted by Crippen LogP contribution is -2.09. The molecule has 0 nitrogen and oxygen atoms in total. The van der Waals surface area contributed by atoms with E-state index in [0.29, 0.717) is 0 Å². The van der Waals surface area contributed by atoms with E-state index >= 15 is 0 Å². The molecule has 0 amide bonds. The maximum atomic E-state index is 2.53. The molecule has 0 N–H and O–H groups in total. The van der Waals surface area contributed by atoms with Gasteiger partial charge in [-0.25, -0.2) is 0 Å². The lowest BCUT2D eigenvalue weighted by Gasteiger charge is -2.10. The largest absolute Gasteiger partial charge is 0.108 e. The Morgan fingerprint density at radius 1 is 1.44 bits per heavy atom. The monoisotopic (exact) mass is 140 g/mol. The van der Waals surface area contributed by atoms with Gasteiger partial charge in [0.05, 0.1) is 0 Å². The van der Waals surface area contributed by atoms with Gasteiger partial charge in [-0.05, 0) is 36.8 Å². The van der Waals surface area contributed by atoms with Crippen molar-refractivity contribution in [2.45, 2.75) is 19.8 Å². The summed E-state index contributed by atoms with van der Waals surface area (Å²) in [6.45, 7) is 2.40. The first kappa shape index (κ1) is 5.92. The predicted octanol–water partition coefficient (Wildman–Crippen LogP) is 2.41. The summed E-state index contributed by atoms with van der Waals surface area (Å²) in [5, 5.41) is 0. The van der Waals surface area contributed by atoms with Gasteiger partial charge < -0.3 is 0 Å². The van der Waals surface area contributed by atoms with Gasteiger partial charge in [0.1, 0.15) is 0 Å². The summed E-state index contributed by atoms with van der Waals surface area (Å²) in [5.74, 6) is 5.63. The van der Waals surface area contributed by atoms with Gasteiger partial charge in [-0.2, -0.15) is 0 Å². The summed E-state index contributed by atoms with van der Waals surface area (Å²) in [6, 6.07) is 0. The minimum absolute atomic E-state index is 1.00. The highest BCUT2D eigenvalue weighted by Crippen LogP contribution is 2.41. The van der Waals surface area contributed by atoms with Gasteiger partial charge in [0.2, 0.25) is 0 Å². The van der Waals surface area contributed by atoms with Crippen LogP contribution in [-0.4, -0.2) is 12.0 Å². The van der Waals surface area contributed by atoms with Crippen LogP contribution < -0.4 is 0 Å². The Morgan fingerprint density at radius 2 is 2.33 bits per heavy atom. The molecule has 3 unspecified atom stereocenters. The predicted molar refractivity (Wildman–Crippen MR) is 43.2 cm³/mol. The van der Waals surface area contributed by atoms with Crippen LogP contribution in [0.1, 0.15) is 19.8 Å². The first-order valence-corrected chi connectivity index (χ1v) is 5.03. The van der Waals surface area contributed by atoms with Gasteiger partial charge in [-0.3, -0.25) is 0 Å².